The van der Waals surface area contributed by atoms with E-state index in [1.165, 1.54) is 24.3 Å². The Hall–Kier alpha value is -2.60. The maximum Gasteiger partial charge on any atom is 0.258 e. The number of hydrogen-bond acceptors (Lipinski definition) is 3. The Labute approximate surface area is 143 Å². The zero-order valence-electron chi connectivity index (χ0n) is 12.9. The number of carbonyl (C=O) groups is 2. The summed E-state index contributed by atoms with van der Waals surface area (Å²) in [6.45, 7) is 1.60. The van der Waals surface area contributed by atoms with Gasteiger partial charge in [-0.05, 0) is 42.3 Å². The van der Waals surface area contributed by atoms with Crippen molar-refractivity contribution < 1.29 is 18.7 Å². The molecule has 0 atom stereocenters. The molecule has 0 aliphatic rings. The zero-order valence-corrected chi connectivity index (χ0v) is 13.7. The fourth-order valence-corrected chi connectivity index (χ4v) is 2.20. The van der Waals surface area contributed by atoms with E-state index in [1.54, 1.807) is 19.1 Å². The second kappa shape index (κ2) is 7.79. The van der Waals surface area contributed by atoms with Crippen LogP contribution in [-0.4, -0.2) is 18.4 Å². The molecular formula is C17H16ClFN2O3. The molecule has 7 heteroatoms. The zero-order chi connectivity index (χ0) is 17.7. The summed E-state index contributed by atoms with van der Waals surface area (Å²) in [7, 11) is 0. The van der Waals surface area contributed by atoms with E-state index in [0.717, 1.165) is 5.56 Å². The molecule has 0 fully saturated rings. The molecule has 0 spiro atoms. The van der Waals surface area contributed by atoms with Crippen LogP contribution in [0.1, 0.15) is 21.5 Å². The molecule has 0 aliphatic carbocycles. The fraction of sp³-hybridized carbons (Fsp3) is 0.176. The summed E-state index contributed by atoms with van der Waals surface area (Å²) >= 11 is 5.80. The summed E-state index contributed by atoms with van der Waals surface area (Å²) in [6.07, 6.45) is 0. The predicted molar refractivity (Wildman–Crippen MR) is 88.4 cm³/mol. The monoisotopic (exact) mass is 350 g/mol. The number of hydrogen-bond donors (Lipinski definition) is 2. The number of nitrogens with one attached hydrogen (secondary N) is 1. The minimum absolute atomic E-state index is 0.101. The molecule has 0 saturated carbocycles. The first-order valence-corrected chi connectivity index (χ1v) is 7.48. The molecule has 0 bridgehead atoms. The van der Waals surface area contributed by atoms with E-state index in [0.29, 0.717) is 10.6 Å². The molecule has 0 heterocycles. The summed E-state index contributed by atoms with van der Waals surface area (Å²) in [5.74, 6) is -1.20. The van der Waals surface area contributed by atoms with Crippen molar-refractivity contribution in [1.82, 2.24) is 5.32 Å². The quantitative estimate of drug-likeness (QED) is 0.840. The number of carbonyl (C=O) groups excluding carboxylic acids is 2. The van der Waals surface area contributed by atoms with Crippen LogP contribution in [0.15, 0.2) is 36.4 Å². The van der Waals surface area contributed by atoms with Gasteiger partial charge in [0.1, 0.15) is 11.6 Å². The smallest absolute Gasteiger partial charge is 0.258 e. The van der Waals surface area contributed by atoms with E-state index in [9.17, 15) is 14.0 Å². The first-order valence-electron chi connectivity index (χ1n) is 7.10. The highest BCUT2D eigenvalue weighted by molar-refractivity contribution is 6.31. The Bertz CT molecular complexity index is 780. The maximum atomic E-state index is 13.2. The van der Waals surface area contributed by atoms with Gasteiger partial charge in [0.15, 0.2) is 6.61 Å². The minimum Gasteiger partial charge on any atom is -0.483 e. The van der Waals surface area contributed by atoms with Gasteiger partial charge in [-0.25, -0.2) is 4.39 Å². The van der Waals surface area contributed by atoms with Gasteiger partial charge in [0.05, 0.1) is 5.56 Å². The van der Waals surface area contributed by atoms with Crippen LogP contribution in [0.2, 0.25) is 5.02 Å². The predicted octanol–water partition coefficient (Wildman–Crippen LogP) is 2.58. The third-order valence-electron chi connectivity index (χ3n) is 3.28. The molecule has 5 nitrogen and oxygen atoms in total. The minimum atomic E-state index is -0.699. The van der Waals surface area contributed by atoms with Crippen LogP contribution in [0.4, 0.5) is 4.39 Å². The summed E-state index contributed by atoms with van der Waals surface area (Å²) in [4.78, 5) is 23.2. The van der Waals surface area contributed by atoms with Gasteiger partial charge in [0.2, 0.25) is 0 Å². The van der Waals surface area contributed by atoms with E-state index in [4.69, 9.17) is 22.1 Å². The molecule has 0 radical (unpaired) electrons. The van der Waals surface area contributed by atoms with Gasteiger partial charge in [0.25, 0.3) is 11.8 Å². The van der Waals surface area contributed by atoms with Crippen LogP contribution in [0, 0.1) is 12.7 Å². The number of ether oxygens (including phenoxy) is 1. The first-order chi connectivity index (χ1) is 11.4. The average Bonchev–Trinajstić information content (AvgIpc) is 2.54. The summed E-state index contributed by atoms with van der Waals surface area (Å²) in [5.41, 5.74) is 6.62. The molecule has 2 aromatic rings. The Morgan fingerprint density at radius 2 is 2.00 bits per heavy atom. The normalized spacial score (nSPS) is 10.3. The lowest BCUT2D eigenvalue weighted by Crippen LogP contribution is -2.29. The number of benzene rings is 2. The Balaban J connectivity index is 1.91. The van der Waals surface area contributed by atoms with Crippen molar-refractivity contribution in [1.29, 1.82) is 0 Å². The third kappa shape index (κ3) is 4.70. The van der Waals surface area contributed by atoms with Crippen LogP contribution < -0.4 is 15.8 Å². The van der Waals surface area contributed by atoms with E-state index >= 15 is 0 Å². The largest absolute Gasteiger partial charge is 0.483 e. The fourth-order valence-electron chi connectivity index (χ4n) is 2.03. The van der Waals surface area contributed by atoms with Crippen molar-refractivity contribution in [3.8, 4) is 5.75 Å². The second-order valence-corrected chi connectivity index (χ2v) is 5.59. The Morgan fingerprint density at radius 1 is 1.25 bits per heavy atom. The van der Waals surface area contributed by atoms with Gasteiger partial charge in [-0.2, -0.15) is 0 Å². The summed E-state index contributed by atoms with van der Waals surface area (Å²) in [6, 6.07) is 8.97. The number of nitrogens with two attached hydrogens (primary N) is 1. The lowest BCUT2D eigenvalue weighted by molar-refractivity contribution is -0.123. The highest BCUT2D eigenvalue weighted by Crippen LogP contribution is 2.22. The van der Waals surface area contributed by atoms with Crippen molar-refractivity contribution in [3.05, 3.63) is 63.9 Å². The number of halogens is 2. The van der Waals surface area contributed by atoms with Gasteiger partial charge in [-0.3, -0.25) is 9.59 Å². The molecule has 2 aromatic carbocycles. The Kier molecular flexibility index (Phi) is 5.76. The molecular weight excluding hydrogens is 335 g/mol. The van der Waals surface area contributed by atoms with Crippen LogP contribution in [0.3, 0.4) is 0 Å². The molecule has 126 valence electrons. The van der Waals surface area contributed by atoms with Gasteiger partial charge in [-0.15, -0.1) is 0 Å². The molecule has 2 rings (SSSR count). The molecule has 0 aromatic heterocycles. The van der Waals surface area contributed by atoms with Crippen LogP contribution >= 0.6 is 11.6 Å². The highest BCUT2D eigenvalue weighted by Gasteiger charge is 2.12. The van der Waals surface area contributed by atoms with Crippen LogP contribution in [-0.2, 0) is 11.3 Å². The molecule has 0 aliphatic heterocycles. The van der Waals surface area contributed by atoms with E-state index in [2.05, 4.69) is 5.32 Å². The molecule has 0 unspecified atom stereocenters. The second-order valence-electron chi connectivity index (χ2n) is 5.15. The number of primary amides is 1. The van der Waals surface area contributed by atoms with E-state index in [1.807, 2.05) is 0 Å². The lowest BCUT2D eigenvalue weighted by atomic mass is 10.1. The highest BCUT2D eigenvalue weighted by atomic mass is 35.5. The van der Waals surface area contributed by atoms with Gasteiger partial charge in [-0.1, -0.05) is 23.7 Å². The maximum absolute atomic E-state index is 13.2. The van der Waals surface area contributed by atoms with Crippen molar-refractivity contribution in [2.45, 2.75) is 13.5 Å². The Morgan fingerprint density at radius 3 is 2.67 bits per heavy atom. The SMILES string of the molecule is Cc1cc(CNC(=O)COc2ccc(Cl)cc2C(N)=O)ccc1F. The van der Waals surface area contributed by atoms with Crippen molar-refractivity contribution in [3.63, 3.8) is 0 Å². The van der Waals surface area contributed by atoms with Crippen LogP contribution in [0.25, 0.3) is 0 Å². The first kappa shape index (κ1) is 17.7. The number of rotatable bonds is 6. The molecule has 3 N–H and O–H groups in total. The summed E-state index contributed by atoms with van der Waals surface area (Å²) < 4.78 is 18.5. The average molecular weight is 351 g/mol. The van der Waals surface area contributed by atoms with Crippen molar-refractivity contribution in [2.75, 3.05) is 6.61 Å². The van der Waals surface area contributed by atoms with E-state index < -0.39 is 5.91 Å². The molecule has 2 amide bonds. The number of amides is 2. The van der Waals surface area contributed by atoms with Crippen molar-refractivity contribution >= 4 is 23.4 Å². The molecule has 0 saturated heterocycles. The number of aryl methyl sites for hydroxylation is 1. The van der Waals surface area contributed by atoms with Gasteiger partial charge < -0.3 is 15.8 Å². The lowest BCUT2D eigenvalue weighted by Gasteiger charge is -2.10. The van der Waals surface area contributed by atoms with E-state index in [-0.39, 0.29) is 36.2 Å². The van der Waals surface area contributed by atoms with Crippen molar-refractivity contribution in [2.24, 2.45) is 5.73 Å². The molecule has 24 heavy (non-hydrogen) atoms. The third-order valence-corrected chi connectivity index (χ3v) is 3.51. The summed E-state index contributed by atoms with van der Waals surface area (Å²) in [5, 5.41) is 2.99. The van der Waals surface area contributed by atoms with Crippen LogP contribution in [0.5, 0.6) is 5.75 Å². The standard InChI is InChI=1S/C17H16ClFN2O3/c1-10-6-11(2-4-14(10)19)8-21-16(22)9-24-15-5-3-12(18)7-13(15)17(20)23/h2-7H,8-9H2,1H3,(H2,20,23)(H,21,22). The van der Waals surface area contributed by atoms with Gasteiger partial charge in [0, 0.05) is 11.6 Å². The topological polar surface area (TPSA) is 81.4 Å². The van der Waals surface area contributed by atoms with Gasteiger partial charge >= 0.3 is 0 Å².